The molecule has 0 saturated carbocycles. The van der Waals surface area contributed by atoms with Gasteiger partial charge in [-0.2, -0.15) is 0 Å². The van der Waals surface area contributed by atoms with Crippen molar-refractivity contribution in [3.63, 3.8) is 0 Å². The summed E-state index contributed by atoms with van der Waals surface area (Å²) < 4.78 is 7.95. The molecular weight excluding hydrogens is 388 g/mol. The van der Waals surface area contributed by atoms with Crippen molar-refractivity contribution in [1.82, 2.24) is 9.55 Å². The summed E-state index contributed by atoms with van der Waals surface area (Å²) in [4.78, 5) is 40.4. The third-order valence-electron chi connectivity index (χ3n) is 5.83. The molecule has 1 fully saturated rings. The fourth-order valence-corrected chi connectivity index (χ4v) is 7.29. The van der Waals surface area contributed by atoms with Crippen LogP contribution in [0.5, 0.6) is 0 Å². The van der Waals surface area contributed by atoms with Gasteiger partial charge in [0.25, 0.3) is 5.56 Å². The van der Waals surface area contributed by atoms with Gasteiger partial charge in [-0.05, 0) is 24.8 Å². The van der Waals surface area contributed by atoms with E-state index in [2.05, 4.69) is 18.1 Å². The first-order valence-electron chi connectivity index (χ1n) is 10.2. The minimum atomic E-state index is -1.84. The molecule has 2 rings (SSSR count). The zero-order valence-electron chi connectivity index (χ0n) is 18.5. The number of hydrogen-bond acceptors (Lipinski definition) is 5. The van der Waals surface area contributed by atoms with E-state index in [0.717, 1.165) is 6.42 Å². The van der Waals surface area contributed by atoms with Gasteiger partial charge in [-0.3, -0.25) is 19.1 Å². The van der Waals surface area contributed by atoms with E-state index in [1.165, 1.54) is 10.8 Å². The molecule has 2 N–H and O–H groups in total. The van der Waals surface area contributed by atoms with Crippen molar-refractivity contribution in [1.29, 1.82) is 0 Å². The molecule has 0 radical (unpaired) electrons. The molecule has 2 heterocycles. The molecule has 1 saturated heterocycles. The van der Waals surface area contributed by atoms with Crippen LogP contribution in [0.15, 0.2) is 27.9 Å². The maximum absolute atomic E-state index is 13.2. The van der Waals surface area contributed by atoms with Gasteiger partial charge < -0.3 is 9.84 Å². The minimum Gasteiger partial charge on any atom is -0.394 e. The van der Waals surface area contributed by atoms with Gasteiger partial charge >= 0.3 is 5.69 Å². The number of ether oxygens (including phenoxy) is 1. The number of allylic oxidation sites excluding steroid dienone is 2. The lowest BCUT2D eigenvalue weighted by Gasteiger charge is -2.46. The zero-order valence-corrected chi connectivity index (χ0v) is 19.6. The Morgan fingerprint density at radius 2 is 2.00 bits per heavy atom. The SMILES string of the molecule is CCC=CC(=O)[C@H]1C(C(C)(C)C)[C@@](n2cc(C)c(=O)[nH]c2=O)([SiH](C)C)O[C@@H]1CO. The first-order chi connectivity index (χ1) is 13.4. The summed E-state index contributed by atoms with van der Waals surface area (Å²) >= 11 is 0. The van der Waals surface area contributed by atoms with Gasteiger partial charge in [-0.25, -0.2) is 4.79 Å². The fraction of sp³-hybridized carbons (Fsp3) is 0.667. The Bertz CT molecular complexity index is 896. The average molecular weight is 423 g/mol. The Hall–Kier alpha value is -1.77. The second kappa shape index (κ2) is 8.53. The summed E-state index contributed by atoms with van der Waals surface area (Å²) in [6.07, 6.45) is 4.91. The predicted octanol–water partition coefficient (Wildman–Crippen LogP) is 1.73. The maximum atomic E-state index is 13.2. The minimum absolute atomic E-state index is 0.100. The number of aryl methyl sites for hydroxylation is 1. The van der Waals surface area contributed by atoms with Gasteiger partial charge in [0.15, 0.2) is 5.78 Å². The van der Waals surface area contributed by atoms with Crippen LogP contribution < -0.4 is 11.2 Å². The smallest absolute Gasteiger partial charge is 0.330 e. The molecule has 1 aromatic rings. The van der Waals surface area contributed by atoms with Crippen LogP contribution in [0.1, 0.15) is 39.7 Å². The number of hydrogen-bond donors (Lipinski definition) is 2. The van der Waals surface area contributed by atoms with Crippen molar-refractivity contribution in [2.45, 2.75) is 65.6 Å². The van der Waals surface area contributed by atoms with E-state index in [-0.39, 0.29) is 18.3 Å². The van der Waals surface area contributed by atoms with Crippen LogP contribution in [0.3, 0.4) is 0 Å². The lowest BCUT2D eigenvalue weighted by molar-refractivity contribution is -0.122. The first-order valence-corrected chi connectivity index (χ1v) is 13.1. The molecule has 29 heavy (non-hydrogen) atoms. The highest BCUT2D eigenvalue weighted by molar-refractivity contribution is 6.58. The van der Waals surface area contributed by atoms with E-state index in [1.54, 1.807) is 19.1 Å². The van der Waals surface area contributed by atoms with Crippen molar-refractivity contribution in [2.75, 3.05) is 6.61 Å². The fourth-order valence-electron chi connectivity index (χ4n) is 4.67. The molecule has 0 aromatic carbocycles. The van der Waals surface area contributed by atoms with Crippen LogP contribution in [-0.2, 0) is 14.9 Å². The molecule has 8 heteroatoms. The largest absolute Gasteiger partial charge is 0.394 e. The standard InChI is InChI=1S/C21H34N2O5Si/c1-8-9-10-14(25)16-15(12-24)28-21(29(6)7,17(16)20(3,4)5)23-11-13(2)18(26)22-19(23)27/h9-11,15-17,24,29H,8,12H2,1-7H3,(H,22,26,27)/t15-,16-,17?,21+/m1/s1. The van der Waals surface area contributed by atoms with Crippen molar-refractivity contribution in [3.8, 4) is 0 Å². The molecule has 4 atom stereocenters. The molecular formula is C21H34N2O5Si. The quantitative estimate of drug-likeness (QED) is 0.537. The Kier molecular flexibility index (Phi) is 6.92. The van der Waals surface area contributed by atoms with E-state index >= 15 is 0 Å². The van der Waals surface area contributed by atoms with Crippen molar-refractivity contribution >= 4 is 14.6 Å². The third-order valence-corrected chi connectivity index (χ3v) is 8.26. The molecule has 1 aliphatic heterocycles. The van der Waals surface area contributed by atoms with Crippen molar-refractivity contribution < 1.29 is 14.6 Å². The van der Waals surface area contributed by atoms with Crippen LogP contribution in [-0.4, -0.2) is 41.9 Å². The molecule has 1 unspecified atom stereocenters. The van der Waals surface area contributed by atoms with Gasteiger partial charge in [0, 0.05) is 17.7 Å². The summed E-state index contributed by atoms with van der Waals surface area (Å²) in [5.74, 6) is -1.04. The first kappa shape index (κ1) is 23.5. The monoisotopic (exact) mass is 422 g/mol. The number of aromatic amines is 1. The van der Waals surface area contributed by atoms with Gasteiger partial charge in [-0.1, -0.05) is 46.9 Å². The van der Waals surface area contributed by atoms with Crippen molar-refractivity contribution in [3.05, 3.63) is 44.8 Å². The summed E-state index contributed by atoms with van der Waals surface area (Å²) in [5, 5.41) is 9.03. The molecule has 0 aliphatic carbocycles. The number of carbonyl (C=O) groups is 1. The van der Waals surface area contributed by atoms with Crippen LogP contribution in [0.4, 0.5) is 0 Å². The number of aromatic nitrogens is 2. The number of aliphatic hydroxyl groups is 1. The second-order valence-electron chi connectivity index (χ2n) is 9.27. The number of aliphatic hydroxyl groups excluding tert-OH is 1. The Labute approximate surface area is 173 Å². The molecule has 1 aromatic heterocycles. The molecule has 7 nitrogen and oxygen atoms in total. The number of nitrogens with zero attached hydrogens (tertiary/aromatic N) is 1. The van der Waals surface area contributed by atoms with E-state index in [4.69, 9.17) is 4.74 Å². The Balaban J connectivity index is 2.85. The number of rotatable bonds is 6. The highest BCUT2D eigenvalue weighted by Crippen LogP contribution is 2.53. The lowest BCUT2D eigenvalue weighted by atomic mass is 9.70. The Morgan fingerprint density at radius 3 is 2.48 bits per heavy atom. The van der Waals surface area contributed by atoms with E-state index in [1.807, 2.05) is 27.7 Å². The summed E-state index contributed by atoms with van der Waals surface area (Å²) in [5.41, 5.74) is -0.985. The topological polar surface area (TPSA) is 101 Å². The highest BCUT2D eigenvalue weighted by atomic mass is 28.3. The van der Waals surface area contributed by atoms with Gasteiger partial charge in [0.1, 0.15) is 5.35 Å². The average Bonchev–Trinajstić information content (AvgIpc) is 2.99. The second-order valence-corrected chi connectivity index (χ2v) is 12.4. The van der Waals surface area contributed by atoms with Crippen LogP contribution >= 0.6 is 0 Å². The zero-order chi connectivity index (χ0) is 22.1. The molecule has 1 aliphatic rings. The third kappa shape index (κ3) is 4.11. The van der Waals surface area contributed by atoms with Gasteiger partial charge in [0.05, 0.1) is 27.4 Å². The van der Waals surface area contributed by atoms with E-state index in [9.17, 15) is 19.5 Å². The van der Waals surface area contributed by atoms with E-state index in [0.29, 0.717) is 5.56 Å². The maximum Gasteiger partial charge on any atom is 0.330 e. The van der Waals surface area contributed by atoms with Crippen molar-refractivity contribution in [2.24, 2.45) is 17.3 Å². The molecule has 0 amide bonds. The molecule has 0 bridgehead atoms. The highest BCUT2D eigenvalue weighted by Gasteiger charge is 2.63. The number of carbonyl (C=O) groups excluding carboxylic acids is 1. The molecule has 162 valence electrons. The summed E-state index contributed by atoms with van der Waals surface area (Å²) in [6.45, 7) is 13.5. The Morgan fingerprint density at radius 1 is 1.38 bits per heavy atom. The van der Waals surface area contributed by atoms with Crippen LogP contribution in [0, 0.1) is 24.2 Å². The van der Waals surface area contributed by atoms with E-state index < -0.39 is 42.8 Å². The summed E-state index contributed by atoms with van der Waals surface area (Å²) in [7, 11) is -1.84. The summed E-state index contributed by atoms with van der Waals surface area (Å²) in [6, 6.07) is 0. The van der Waals surface area contributed by atoms with Gasteiger partial charge in [0.2, 0.25) is 0 Å². The normalized spacial score (nSPS) is 27.8. The predicted molar refractivity (Wildman–Crippen MR) is 116 cm³/mol. The van der Waals surface area contributed by atoms with Crippen LogP contribution in [0.2, 0.25) is 13.1 Å². The number of H-pyrrole nitrogens is 1. The number of nitrogens with one attached hydrogen (secondary N) is 1. The lowest BCUT2D eigenvalue weighted by Crippen LogP contribution is -2.59. The van der Waals surface area contributed by atoms with Gasteiger partial charge in [-0.15, -0.1) is 0 Å². The van der Waals surface area contributed by atoms with Crippen LogP contribution in [0.25, 0.3) is 0 Å². The molecule has 0 spiro atoms. The number of ketones is 1.